The fraction of sp³-hybridized carbons (Fsp3) is 0.333. The van der Waals surface area contributed by atoms with Crippen LogP contribution in [0.1, 0.15) is 18.1 Å². The standard InChI is InChI=1S/C21H27FN4O.HI/c1-3-26(16-18-7-5-4-6-8-18)20(27)15-25-21(23-2)24-14-13-17-9-11-19(22)12-10-17;/h4-12H,3,13-16H2,1-2H3,(H2,23,24,25);1H. The fourth-order valence-corrected chi connectivity index (χ4v) is 2.65. The highest BCUT2D eigenvalue weighted by molar-refractivity contribution is 14.0. The van der Waals surface area contributed by atoms with Crippen LogP contribution in [0.4, 0.5) is 4.39 Å². The van der Waals surface area contributed by atoms with E-state index >= 15 is 0 Å². The first kappa shape index (κ1) is 23.9. The lowest BCUT2D eigenvalue weighted by atomic mass is 10.1. The number of likely N-dealkylation sites (N-methyl/N-ethyl adjacent to an activating group) is 1. The molecule has 1 amide bonds. The van der Waals surface area contributed by atoms with E-state index in [9.17, 15) is 9.18 Å². The van der Waals surface area contributed by atoms with E-state index in [4.69, 9.17) is 0 Å². The number of amides is 1. The van der Waals surface area contributed by atoms with Gasteiger partial charge in [0.1, 0.15) is 5.82 Å². The Morgan fingerprint density at radius 2 is 1.71 bits per heavy atom. The SMILES string of the molecule is CCN(Cc1ccccc1)C(=O)CNC(=NC)NCCc1ccc(F)cc1.I. The first-order chi connectivity index (χ1) is 13.1. The molecule has 0 aliphatic rings. The Morgan fingerprint density at radius 3 is 2.32 bits per heavy atom. The van der Waals surface area contributed by atoms with Gasteiger partial charge >= 0.3 is 0 Å². The van der Waals surface area contributed by atoms with Crippen molar-refractivity contribution in [2.24, 2.45) is 4.99 Å². The topological polar surface area (TPSA) is 56.7 Å². The van der Waals surface area contributed by atoms with Crippen molar-refractivity contribution in [2.75, 3.05) is 26.7 Å². The van der Waals surface area contributed by atoms with E-state index in [1.807, 2.05) is 37.3 Å². The zero-order valence-electron chi connectivity index (χ0n) is 16.3. The van der Waals surface area contributed by atoms with Gasteiger partial charge in [-0.25, -0.2) is 4.39 Å². The number of guanidine groups is 1. The van der Waals surface area contributed by atoms with E-state index in [2.05, 4.69) is 15.6 Å². The highest BCUT2D eigenvalue weighted by Gasteiger charge is 2.12. The summed E-state index contributed by atoms with van der Waals surface area (Å²) in [5, 5.41) is 6.22. The lowest BCUT2D eigenvalue weighted by Crippen LogP contribution is -2.44. The van der Waals surface area contributed by atoms with Crippen molar-refractivity contribution in [1.29, 1.82) is 0 Å². The number of aliphatic imine (C=N–C) groups is 1. The van der Waals surface area contributed by atoms with Crippen LogP contribution in [0.25, 0.3) is 0 Å². The Balaban J connectivity index is 0.00000392. The molecule has 0 aromatic heterocycles. The number of carbonyl (C=O) groups excluding carboxylic acids is 1. The molecule has 0 saturated heterocycles. The van der Waals surface area contributed by atoms with Gasteiger partial charge in [-0.3, -0.25) is 9.79 Å². The maximum absolute atomic E-state index is 12.9. The van der Waals surface area contributed by atoms with Gasteiger partial charge in [0.2, 0.25) is 5.91 Å². The summed E-state index contributed by atoms with van der Waals surface area (Å²) in [6.07, 6.45) is 0.740. The van der Waals surface area contributed by atoms with E-state index in [1.165, 1.54) is 12.1 Å². The number of nitrogens with one attached hydrogen (secondary N) is 2. The van der Waals surface area contributed by atoms with Crippen molar-refractivity contribution in [3.8, 4) is 0 Å². The second-order valence-electron chi connectivity index (χ2n) is 6.12. The Kier molecular flexibility index (Phi) is 11.2. The minimum absolute atomic E-state index is 0. The third-order valence-corrected chi connectivity index (χ3v) is 4.20. The molecule has 0 atom stereocenters. The van der Waals surface area contributed by atoms with Gasteiger partial charge in [-0.1, -0.05) is 42.5 Å². The number of carbonyl (C=O) groups is 1. The molecule has 5 nitrogen and oxygen atoms in total. The van der Waals surface area contributed by atoms with Crippen molar-refractivity contribution in [2.45, 2.75) is 19.9 Å². The number of benzene rings is 2. The van der Waals surface area contributed by atoms with Crippen LogP contribution in [0.5, 0.6) is 0 Å². The Morgan fingerprint density at radius 1 is 1.04 bits per heavy atom. The van der Waals surface area contributed by atoms with Crippen LogP contribution in [0.15, 0.2) is 59.6 Å². The molecule has 0 radical (unpaired) electrons. The summed E-state index contributed by atoms with van der Waals surface area (Å²) in [5.74, 6) is 0.350. The van der Waals surface area contributed by atoms with Crippen LogP contribution in [0.2, 0.25) is 0 Å². The Bertz CT molecular complexity index is 738. The van der Waals surface area contributed by atoms with Crippen molar-refractivity contribution in [3.63, 3.8) is 0 Å². The summed E-state index contributed by atoms with van der Waals surface area (Å²) in [5.41, 5.74) is 2.14. The molecule has 0 aliphatic heterocycles. The van der Waals surface area contributed by atoms with Gasteiger partial charge in [0.05, 0.1) is 6.54 Å². The zero-order chi connectivity index (χ0) is 19.5. The number of hydrogen-bond donors (Lipinski definition) is 2. The van der Waals surface area contributed by atoms with Crippen LogP contribution in [0.3, 0.4) is 0 Å². The predicted molar refractivity (Wildman–Crippen MR) is 122 cm³/mol. The molecule has 2 aromatic carbocycles. The molecule has 2 aromatic rings. The fourth-order valence-electron chi connectivity index (χ4n) is 2.65. The van der Waals surface area contributed by atoms with E-state index in [0.29, 0.717) is 25.6 Å². The largest absolute Gasteiger partial charge is 0.356 e. The maximum Gasteiger partial charge on any atom is 0.242 e. The molecule has 2 rings (SSSR count). The van der Waals surface area contributed by atoms with Gasteiger partial charge < -0.3 is 15.5 Å². The molecular formula is C21H28FIN4O. The molecule has 152 valence electrons. The monoisotopic (exact) mass is 498 g/mol. The minimum Gasteiger partial charge on any atom is -0.356 e. The highest BCUT2D eigenvalue weighted by Crippen LogP contribution is 2.04. The average molecular weight is 498 g/mol. The van der Waals surface area contributed by atoms with E-state index in [0.717, 1.165) is 17.5 Å². The van der Waals surface area contributed by atoms with Gasteiger partial charge in [-0.05, 0) is 36.6 Å². The second-order valence-corrected chi connectivity index (χ2v) is 6.12. The van der Waals surface area contributed by atoms with Crippen LogP contribution in [-0.2, 0) is 17.8 Å². The van der Waals surface area contributed by atoms with Crippen LogP contribution in [0, 0.1) is 5.82 Å². The molecule has 0 saturated carbocycles. The van der Waals surface area contributed by atoms with Gasteiger partial charge in [-0.2, -0.15) is 0 Å². The molecule has 0 aliphatic carbocycles. The zero-order valence-corrected chi connectivity index (χ0v) is 18.7. The summed E-state index contributed by atoms with van der Waals surface area (Å²) in [6.45, 7) is 4.02. The number of halogens is 2. The molecular weight excluding hydrogens is 470 g/mol. The first-order valence-corrected chi connectivity index (χ1v) is 9.13. The lowest BCUT2D eigenvalue weighted by Gasteiger charge is -2.22. The summed E-state index contributed by atoms with van der Waals surface area (Å²) in [6, 6.07) is 16.4. The lowest BCUT2D eigenvalue weighted by molar-refractivity contribution is -0.130. The number of hydrogen-bond acceptors (Lipinski definition) is 2. The smallest absolute Gasteiger partial charge is 0.242 e. The quantitative estimate of drug-likeness (QED) is 0.334. The molecule has 2 N–H and O–H groups in total. The van der Waals surface area contributed by atoms with Crippen molar-refractivity contribution in [3.05, 3.63) is 71.5 Å². The molecule has 0 spiro atoms. The van der Waals surface area contributed by atoms with Crippen molar-refractivity contribution < 1.29 is 9.18 Å². The number of rotatable bonds is 8. The van der Waals surface area contributed by atoms with E-state index in [-0.39, 0.29) is 42.2 Å². The molecule has 28 heavy (non-hydrogen) atoms. The van der Waals surface area contributed by atoms with Crippen LogP contribution in [-0.4, -0.2) is 43.4 Å². The first-order valence-electron chi connectivity index (χ1n) is 9.13. The summed E-state index contributed by atoms with van der Waals surface area (Å²) < 4.78 is 12.9. The van der Waals surface area contributed by atoms with Crippen molar-refractivity contribution in [1.82, 2.24) is 15.5 Å². The van der Waals surface area contributed by atoms with Crippen LogP contribution < -0.4 is 10.6 Å². The second kappa shape index (κ2) is 13.1. The van der Waals surface area contributed by atoms with Crippen molar-refractivity contribution >= 4 is 35.8 Å². The molecule has 7 heteroatoms. The predicted octanol–water partition coefficient (Wildman–Crippen LogP) is 3.20. The highest BCUT2D eigenvalue weighted by atomic mass is 127. The normalized spacial score (nSPS) is 10.8. The minimum atomic E-state index is -0.237. The van der Waals surface area contributed by atoms with Gasteiger partial charge in [-0.15, -0.1) is 24.0 Å². The number of nitrogens with zero attached hydrogens (tertiary/aromatic N) is 2. The van der Waals surface area contributed by atoms with Gasteiger partial charge in [0, 0.05) is 26.7 Å². The third-order valence-electron chi connectivity index (χ3n) is 4.20. The molecule has 0 unspecified atom stereocenters. The summed E-state index contributed by atoms with van der Waals surface area (Å²) in [7, 11) is 1.67. The van der Waals surface area contributed by atoms with E-state index < -0.39 is 0 Å². The van der Waals surface area contributed by atoms with Gasteiger partial charge in [0.15, 0.2) is 5.96 Å². The molecule has 0 bridgehead atoms. The maximum atomic E-state index is 12.9. The Hall–Kier alpha value is -2.16. The van der Waals surface area contributed by atoms with Gasteiger partial charge in [0.25, 0.3) is 0 Å². The summed E-state index contributed by atoms with van der Waals surface area (Å²) >= 11 is 0. The molecule has 0 heterocycles. The van der Waals surface area contributed by atoms with E-state index in [1.54, 1.807) is 24.1 Å². The average Bonchev–Trinajstić information content (AvgIpc) is 2.70. The Labute approximate surface area is 183 Å². The summed E-state index contributed by atoms with van der Waals surface area (Å²) in [4.78, 5) is 18.4. The van der Waals surface area contributed by atoms with Crippen LogP contribution >= 0.6 is 24.0 Å². The third kappa shape index (κ3) is 8.24. The molecule has 0 fully saturated rings.